The molecule has 0 heterocycles. The molecule has 0 amide bonds. The zero-order valence-electron chi connectivity index (χ0n) is 4.22. The first-order chi connectivity index (χ1) is 4.46. The van der Waals surface area contributed by atoms with Crippen molar-refractivity contribution in [3.05, 3.63) is 0 Å². The van der Waals surface area contributed by atoms with Crippen LogP contribution in [0, 0.1) is 0 Å². The maximum atomic E-state index is 11.3. The first-order valence-corrected chi connectivity index (χ1v) is 2.60. The summed E-state index contributed by atoms with van der Waals surface area (Å²) < 4.78 is 45.1. The summed E-state index contributed by atoms with van der Waals surface area (Å²) in [5.74, 6) is 0. The van der Waals surface area contributed by atoms with Crippen LogP contribution < -0.4 is 0 Å². The van der Waals surface area contributed by atoms with E-state index in [0.717, 1.165) is 0 Å². The minimum Gasteiger partial charge on any atom is -0.0657 e. The highest BCUT2D eigenvalue weighted by Crippen LogP contribution is 2.02. The molecular weight excluding hydrogens is 192 g/mol. The molecule has 0 aliphatic heterocycles. The monoisotopic (exact) mass is 192 g/mol. The zero-order chi connectivity index (χ0) is 8.31. The lowest BCUT2D eigenvalue weighted by Crippen LogP contribution is -2.27. The van der Waals surface area contributed by atoms with Gasteiger partial charge in [0.25, 0.3) is 0 Å². The van der Waals surface area contributed by atoms with E-state index in [9.17, 15) is 17.9 Å². The smallest absolute Gasteiger partial charge is 0.0657 e. The molecule has 0 saturated heterocycles. The molecule has 0 atom stereocenters. The van der Waals surface area contributed by atoms with Crippen LogP contribution in [-0.2, 0) is 0 Å². The van der Waals surface area contributed by atoms with E-state index in [4.69, 9.17) is 0 Å². The van der Waals surface area contributed by atoms with Gasteiger partial charge in [-0.3, -0.25) is 0 Å². The number of rotatable bonds is 0. The SMILES string of the molecule is FN(F)C(=S)C(=S)N(F)F. The van der Waals surface area contributed by atoms with Gasteiger partial charge in [-0.05, 0) is 10.7 Å². The van der Waals surface area contributed by atoms with Gasteiger partial charge in [0.1, 0.15) is 0 Å². The average Bonchev–Trinajstić information content (AvgIpc) is 1.84. The molecule has 0 bridgehead atoms. The predicted octanol–water partition coefficient (Wildman–Crippen LogP) is 1.78. The Morgan fingerprint density at radius 2 is 1.00 bits per heavy atom. The van der Waals surface area contributed by atoms with Gasteiger partial charge in [0.05, 0.1) is 0 Å². The quantitative estimate of drug-likeness (QED) is 0.328. The number of halogens is 4. The van der Waals surface area contributed by atoms with E-state index in [1.165, 1.54) is 0 Å². The molecule has 0 spiro atoms. The van der Waals surface area contributed by atoms with Crippen molar-refractivity contribution < 1.29 is 17.9 Å². The molecule has 58 valence electrons. The van der Waals surface area contributed by atoms with Gasteiger partial charge in [-0.15, -0.1) is 0 Å². The summed E-state index contributed by atoms with van der Waals surface area (Å²) in [6, 6.07) is 0. The molecule has 0 aromatic carbocycles. The lowest BCUT2D eigenvalue weighted by atomic mass is 10.7. The number of hydrogen-bond acceptors (Lipinski definition) is 2. The fraction of sp³-hybridized carbons (Fsp3) is 0. The molecule has 0 unspecified atom stereocenters. The van der Waals surface area contributed by atoms with Crippen LogP contribution in [0.1, 0.15) is 0 Å². The predicted molar refractivity (Wildman–Crippen MR) is 33.3 cm³/mol. The Kier molecular flexibility index (Phi) is 3.43. The standard InChI is InChI=1S/C2F4N2S2/c3-7(4)1(9)2(10)8(5)6. The third kappa shape index (κ3) is 2.40. The van der Waals surface area contributed by atoms with Crippen LogP contribution in [0.5, 0.6) is 0 Å². The third-order valence-electron chi connectivity index (χ3n) is 0.490. The Morgan fingerprint density at radius 3 is 1.10 bits per heavy atom. The maximum absolute atomic E-state index is 11.3. The number of hydrogen-bond donors (Lipinski definition) is 0. The summed E-state index contributed by atoms with van der Waals surface area (Å²) in [6.07, 6.45) is 0. The maximum Gasteiger partial charge on any atom is 0.208 e. The van der Waals surface area contributed by atoms with E-state index >= 15 is 0 Å². The highest BCUT2D eigenvalue weighted by atomic mass is 32.1. The van der Waals surface area contributed by atoms with Gasteiger partial charge in [-0.1, -0.05) is 42.4 Å². The third-order valence-corrected chi connectivity index (χ3v) is 1.28. The first-order valence-electron chi connectivity index (χ1n) is 1.78. The fourth-order valence-corrected chi connectivity index (χ4v) is 0.283. The Labute approximate surface area is 63.7 Å². The molecule has 0 rings (SSSR count). The van der Waals surface area contributed by atoms with Gasteiger partial charge < -0.3 is 0 Å². The Morgan fingerprint density at radius 1 is 0.800 bits per heavy atom. The van der Waals surface area contributed by atoms with Crippen LogP contribution in [0.2, 0.25) is 0 Å². The van der Waals surface area contributed by atoms with Crippen LogP contribution >= 0.6 is 24.4 Å². The first kappa shape index (κ1) is 9.50. The van der Waals surface area contributed by atoms with Crippen molar-refractivity contribution in [1.82, 2.24) is 10.7 Å². The van der Waals surface area contributed by atoms with Crippen molar-refractivity contribution >= 4 is 34.4 Å². The van der Waals surface area contributed by atoms with E-state index in [1.54, 1.807) is 0 Å². The molecule has 0 aliphatic carbocycles. The van der Waals surface area contributed by atoms with Crippen molar-refractivity contribution in [2.45, 2.75) is 0 Å². The minimum absolute atomic E-state index is 1.37. The second-order valence-corrected chi connectivity index (χ2v) is 1.85. The summed E-state index contributed by atoms with van der Waals surface area (Å²) >= 11 is 7.58. The van der Waals surface area contributed by atoms with E-state index < -0.39 is 20.7 Å². The Hall–Kier alpha value is -0.500. The summed E-state index contributed by atoms with van der Waals surface area (Å²) in [4.78, 5) is -2.75. The molecule has 0 aliphatic rings. The van der Waals surface area contributed by atoms with Gasteiger partial charge in [0.2, 0.25) is 9.98 Å². The number of nitrogens with zero attached hydrogens (tertiary/aromatic N) is 2. The van der Waals surface area contributed by atoms with Crippen molar-refractivity contribution in [1.29, 1.82) is 0 Å². The van der Waals surface area contributed by atoms with Crippen molar-refractivity contribution in [3.8, 4) is 0 Å². The summed E-state index contributed by atoms with van der Waals surface area (Å²) in [5, 5.41) is -3.30. The molecule has 0 fully saturated rings. The minimum atomic E-state index is -1.65. The van der Waals surface area contributed by atoms with E-state index in [2.05, 4.69) is 24.4 Å². The summed E-state index contributed by atoms with van der Waals surface area (Å²) in [7, 11) is 0. The van der Waals surface area contributed by atoms with Crippen molar-refractivity contribution in [2.75, 3.05) is 0 Å². The highest BCUT2D eigenvalue weighted by Gasteiger charge is 2.19. The molecule has 2 nitrogen and oxygen atoms in total. The van der Waals surface area contributed by atoms with Gasteiger partial charge in [0.15, 0.2) is 0 Å². The summed E-state index contributed by atoms with van der Waals surface area (Å²) in [5.41, 5.74) is 0. The second-order valence-electron chi connectivity index (χ2n) is 1.08. The van der Waals surface area contributed by atoms with E-state index in [-0.39, 0.29) is 0 Å². The van der Waals surface area contributed by atoms with Gasteiger partial charge in [-0.2, -0.15) is 0 Å². The van der Waals surface area contributed by atoms with E-state index in [1.807, 2.05) is 0 Å². The van der Waals surface area contributed by atoms with E-state index in [0.29, 0.717) is 0 Å². The molecule has 8 heteroatoms. The van der Waals surface area contributed by atoms with Crippen molar-refractivity contribution in [2.24, 2.45) is 0 Å². The lowest BCUT2D eigenvalue weighted by Gasteiger charge is -2.04. The Balaban J connectivity index is 4.10. The lowest BCUT2D eigenvalue weighted by molar-refractivity contribution is -0.0847. The van der Waals surface area contributed by atoms with Gasteiger partial charge in [-0.25, -0.2) is 0 Å². The average molecular weight is 192 g/mol. The zero-order valence-corrected chi connectivity index (χ0v) is 5.86. The fourth-order valence-electron chi connectivity index (χ4n) is 0.145. The van der Waals surface area contributed by atoms with Gasteiger partial charge >= 0.3 is 0 Å². The van der Waals surface area contributed by atoms with Crippen LogP contribution in [0.3, 0.4) is 0 Å². The van der Waals surface area contributed by atoms with Crippen LogP contribution in [0.25, 0.3) is 0 Å². The largest absolute Gasteiger partial charge is 0.208 e. The van der Waals surface area contributed by atoms with Crippen molar-refractivity contribution in [3.63, 3.8) is 0 Å². The molecule has 0 N–H and O–H groups in total. The summed E-state index contributed by atoms with van der Waals surface area (Å²) in [6.45, 7) is 0. The van der Waals surface area contributed by atoms with Crippen LogP contribution in [-0.4, -0.2) is 20.7 Å². The van der Waals surface area contributed by atoms with Crippen LogP contribution in [0.4, 0.5) is 17.9 Å². The topological polar surface area (TPSA) is 6.48 Å². The number of thiocarbonyl (C=S) groups is 2. The molecule has 0 aromatic heterocycles. The molecule has 0 saturated carbocycles. The Bertz CT molecular complexity index is 139. The molecular formula is C2F4N2S2. The molecule has 0 aromatic rings. The second kappa shape index (κ2) is 3.62. The van der Waals surface area contributed by atoms with Gasteiger partial charge in [0, 0.05) is 0 Å². The molecule has 10 heavy (non-hydrogen) atoms. The normalized spacial score (nSPS) is 8.80. The highest BCUT2D eigenvalue weighted by molar-refractivity contribution is 7.89. The molecule has 0 radical (unpaired) electrons. The van der Waals surface area contributed by atoms with Crippen LogP contribution in [0.15, 0.2) is 0 Å².